The van der Waals surface area contributed by atoms with E-state index >= 15 is 0 Å². The number of aromatic amines is 1. The number of aromatic nitrogens is 7. The number of H-pyrrole nitrogens is 1. The SMILES string of the molecule is CN(C)Cc1nc2cc(Nc3nc(N)nn3-c3cc4c(nn3)-c3ccccc3CCC4)ccc2[nH]1. The number of aryl methyl sites for hydroxylation is 2. The summed E-state index contributed by atoms with van der Waals surface area (Å²) in [5, 5.41) is 16.8. The van der Waals surface area contributed by atoms with E-state index in [9.17, 15) is 0 Å². The first-order valence-electron chi connectivity index (χ1n) is 11.6. The lowest BCUT2D eigenvalue weighted by Crippen LogP contribution is -2.11. The van der Waals surface area contributed by atoms with Crippen molar-refractivity contribution in [3.8, 4) is 17.1 Å². The van der Waals surface area contributed by atoms with E-state index in [0.29, 0.717) is 11.8 Å². The Hall–Kier alpha value is -4.31. The highest BCUT2D eigenvalue weighted by Gasteiger charge is 2.19. The summed E-state index contributed by atoms with van der Waals surface area (Å²) in [4.78, 5) is 14.5. The van der Waals surface area contributed by atoms with Crippen LogP contribution in [0.1, 0.15) is 23.4 Å². The smallest absolute Gasteiger partial charge is 0.241 e. The molecule has 35 heavy (non-hydrogen) atoms. The number of hydrogen-bond donors (Lipinski definition) is 3. The molecule has 0 amide bonds. The number of imidazole rings is 1. The molecule has 0 saturated carbocycles. The van der Waals surface area contributed by atoms with Crippen molar-refractivity contribution in [2.75, 3.05) is 25.1 Å². The molecule has 4 N–H and O–H groups in total. The number of benzene rings is 2. The molecule has 0 unspecified atom stereocenters. The van der Waals surface area contributed by atoms with Gasteiger partial charge in [0.15, 0.2) is 5.82 Å². The first-order chi connectivity index (χ1) is 17.0. The Morgan fingerprint density at radius 2 is 1.89 bits per heavy atom. The fourth-order valence-electron chi connectivity index (χ4n) is 4.59. The van der Waals surface area contributed by atoms with Gasteiger partial charge < -0.3 is 20.9 Å². The van der Waals surface area contributed by atoms with Crippen molar-refractivity contribution < 1.29 is 0 Å². The highest BCUT2D eigenvalue weighted by molar-refractivity contribution is 5.80. The van der Waals surface area contributed by atoms with Crippen molar-refractivity contribution in [2.24, 2.45) is 0 Å². The Labute approximate surface area is 202 Å². The van der Waals surface area contributed by atoms with Crippen LogP contribution in [0.3, 0.4) is 0 Å². The summed E-state index contributed by atoms with van der Waals surface area (Å²) < 4.78 is 1.60. The largest absolute Gasteiger partial charge is 0.366 e. The van der Waals surface area contributed by atoms with E-state index < -0.39 is 0 Å². The van der Waals surface area contributed by atoms with E-state index in [4.69, 9.17) is 5.73 Å². The molecular weight excluding hydrogens is 440 g/mol. The second kappa shape index (κ2) is 8.48. The van der Waals surface area contributed by atoms with Gasteiger partial charge in [-0.2, -0.15) is 9.67 Å². The summed E-state index contributed by atoms with van der Waals surface area (Å²) in [6, 6.07) is 16.4. The molecule has 6 rings (SSSR count). The highest BCUT2D eigenvalue weighted by atomic mass is 15.5. The molecule has 0 spiro atoms. The van der Waals surface area contributed by atoms with Crippen molar-refractivity contribution in [3.05, 3.63) is 65.5 Å². The maximum Gasteiger partial charge on any atom is 0.241 e. The number of nitrogens with two attached hydrogens (primary N) is 1. The number of anilines is 3. The van der Waals surface area contributed by atoms with Crippen molar-refractivity contribution in [1.82, 2.24) is 39.8 Å². The number of hydrogen-bond acceptors (Lipinski definition) is 8. The summed E-state index contributed by atoms with van der Waals surface area (Å²) in [5.74, 6) is 2.11. The molecule has 5 aromatic rings. The molecule has 0 atom stereocenters. The van der Waals surface area contributed by atoms with Gasteiger partial charge in [-0.15, -0.1) is 15.3 Å². The Balaban J connectivity index is 1.33. The number of nitrogen functional groups attached to an aromatic ring is 1. The Morgan fingerprint density at radius 1 is 1.03 bits per heavy atom. The first-order valence-corrected chi connectivity index (χ1v) is 11.6. The van der Waals surface area contributed by atoms with E-state index in [1.54, 1.807) is 4.68 Å². The van der Waals surface area contributed by atoms with Crippen LogP contribution in [-0.2, 0) is 19.4 Å². The third-order valence-electron chi connectivity index (χ3n) is 6.12. The minimum Gasteiger partial charge on any atom is -0.366 e. The van der Waals surface area contributed by atoms with Gasteiger partial charge in [0.05, 0.1) is 23.3 Å². The van der Waals surface area contributed by atoms with E-state index in [-0.39, 0.29) is 5.95 Å². The standard InChI is InChI=1S/C25H26N10/c1-34(2)14-21-28-19-11-10-17(13-20(19)29-21)27-25-30-24(26)33-35(25)22-12-16-8-5-7-15-6-3-4-9-18(15)23(16)32-31-22/h3-4,6,9-13H,5,7-8,14H2,1-2H3,(H,28,29)(H3,26,27,30,33). The topological polar surface area (TPSA) is 126 Å². The van der Waals surface area contributed by atoms with Crippen LogP contribution in [-0.4, -0.2) is 53.9 Å². The van der Waals surface area contributed by atoms with Crippen molar-refractivity contribution in [1.29, 1.82) is 0 Å². The van der Waals surface area contributed by atoms with Crippen molar-refractivity contribution >= 4 is 28.6 Å². The molecule has 2 aromatic carbocycles. The average molecular weight is 467 g/mol. The van der Waals surface area contributed by atoms with Crippen LogP contribution >= 0.6 is 0 Å². The van der Waals surface area contributed by atoms with Crippen LogP contribution in [0, 0.1) is 0 Å². The average Bonchev–Trinajstić information content (AvgIpc) is 3.34. The van der Waals surface area contributed by atoms with E-state index in [1.165, 1.54) is 5.56 Å². The third-order valence-corrected chi connectivity index (χ3v) is 6.12. The fourth-order valence-corrected chi connectivity index (χ4v) is 4.59. The van der Waals surface area contributed by atoms with Gasteiger partial charge in [0.1, 0.15) is 5.82 Å². The molecule has 3 aromatic heterocycles. The first kappa shape index (κ1) is 21.2. The van der Waals surface area contributed by atoms with Crippen LogP contribution in [0.5, 0.6) is 0 Å². The second-order valence-corrected chi connectivity index (χ2v) is 9.07. The van der Waals surface area contributed by atoms with Crippen LogP contribution in [0.25, 0.3) is 28.1 Å². The van der Waals surface area contributed by atoms with Gasteiger partial charge >= 0.3 is 0 Å². The molecule has 3 heterocycles. The third kappa shape index (κ3) is 4.08. The maximum atomic E-state index is 5.98. The fraction of sp³-hybridized carbons (Fsp3) is 0.240. The normalized spacial score (nSPS) is 13.0. The van der Waals surface area contributed by atoms with Crippen LogP contribution in [0.4, 0.5) is 17.6 Å². The molecule has 1 aliphatic rings. The van der Waals surface area contributed by atoms with E-state index in [2.05, 4.69) is 58.7 Å². The van der Waals surface area contributed by atoms with E-state index in [0.717, 1.165) is 65.2 Å². The number of fused-ring (bicyclic) bond motifs is 4. The molecular formula is C25H26N10. The molecule has 10 heteroatoms. The molecule has 176 valence electrons. The predicted molar refractivity (Wildman–Crippen MR) is 136 cm³/mol. The Bertz CT molecular complexity index is 1530. The lowest BCUT2D eigenvalue weighted by Gasteiger charge is -2.11. The Kier molecular flexibility index (Phi) is 5.14. The lowest BCUT2D eigenvalue weighted by atomic mass is 10.0. The summed E-state index contributed by atoms with van der Waals surface area (Å²) in [5.41, 5.74) is 13.2. The minimum atomic E-state index is 0.156. The summed E-state index contributed by atoms with van der Waals surface area (Å²) >= 11 is 0. The van der Waals surface area contributed by atoms with Gasteiger partial charge in [0.2, 0.25) is 11.9 Å². The van der Waals surface area contributed by atoms with Gasteiger partial charge in [-0.05, 0) is 68.8 Å². The highest BCUT2D eigenvalue weighted by Crippen LogP contribution is 2.31. The molecule has 0 aliphatic heterocycles. The molecule has 0 fully saturated rings. The monoisotopic (exact) mass is 466 g/mol. The number of nitrogens with zero attached hydrogens (tertiary/aromatic N) is 7. The summed E-state index contributed by atoms with van der Waals surface area (Å²) in [6.07, 6.45) is 3.00. The molecule has 0 bridgehead atoms. The summed E-state index contributed by atoms with van der Waals surface area (Å²) in [7, 11) is 4.03. The molecule has 0 saturated heterocycles. The van der Waals surface area contributed by atoms with E-state index in [1.807, 2.05) is 44.4 Å². The molecule has 1 aliphatic carbocycles. The van der Waals surface area contributed by atoms with Crippen LogP contribution in [0.15, 0.2) is 48.5 Å². The molecule has 0 radical (unpaired) electrons. The van der Waals surface area contributed by atoms with Gasteiger partial charge in [0, 0.05) is 11.3 Å². The van der Waals surface area contributed by atoms with Crippen molar-refractivity contribution in [2.45, 2.75) is 25.8 Å². The predicted octanol–water partition coefficient (Wildman–Crippen LogP) is 3.48. The second-order valence-electron chi connectivity index (χ2n) is 9.07. The van der Waals surface area contributed by atoms with Gasteiger partial charge in [0.25, 0.3) is 0 Å². The minimum absolute atomic E-state index is 0.156. The molecule has 10 nitrogen and oxygen atoms in total. The lowest BCUT2D eigenvalue weighted by molar-refractivity contribution is 0.392. The quantitative estimate of drug-likeness (QED) is 0.359. The van der Waals surface area contributed by atoms with Gasteiger partial charge in [-0.25, -0.2) is 4.98 Å². The zero-order valence-electron chi connectivity index (χ0n) is 19.7. The zero-order chi connectivity index (χ0) is 23.9. The zero-order valence-corrected chi connectivity index (χ0v) is 19.7. The summed E-state index contributed by atoms with van der Waals surface area (Å²) in [6.45, 7) is 0.740. The maximum absolute atomic E-state index is 5.98. The van der Waals surface area contributed by atoms with Gasteiger partial charge in [-0.3, -0.25) is 0 Å². The van der Waals surface area contributed by atoms with Crippen molar-refractivity contribution in [3.63, 3.8) is 0 Å². The van der Waals surface area contributed by atoms with Crippen LogP contribution in [0.2, 0.25) is 0 Å². The Morgan fingerprint density at radius 3 is 2.77 bits per heavy atom. The van der Waals surface area contributed by atoms with Crippen LogP contribution < -0.4 is 11.1 Å². The van der Waals surface area contributed by atoms with Gasteiger partial charge in [-0.1, -0.05) is 24.3 Å². The number of rotatable bonds is 5. The number of nitrogens with one attached hydrogen (secondary N) is 2.